The number of carbonyl (C=O) groups excluding carboxylic acids is 1. The molecule has 1 aliphatic rings. The minimum Gasteiger partial charge on any atom is -0.360 e. The standard InChI is InChI=1S/C25H22N4OS/c1-16-6-8-18(9-7-16)19-10-12-20(13-11-19)29-24(31)28(23(30)25(29,3)4)21-14-17(2)22(26-5)27-15-21/h6-15H,1-4H3. The molecule has 1 aromatic heterocycles. The largest absolute Gasteiger partial charge is 0.360 e. The molecule has 5 nitrogen and oxygen atoms in total. The molecular formula is C25H22N4OS. The Kier molecular flexibility index (Phi) is 5.08. The molecule has 0 aliphatic carbocycles. The summed E-state index contributed by atoms with van der Waals surface area (Å²) in [5.41, 5.74) is 4.74. The van der Waals surface area contributed by atoms with Crippen LogP contribution in [0.5, 0.6) is 0 Å². The maximum Gasteiger partial charge on any atom is 0.272 e. The predicted octanol–water partition coefficient (Wildman–Crippen LogP) is 5.83. The smallest absolute Gasteiger partial charge is 0.272 e. The lowest BCUT2D eigenvalue weighted by molar-refractivity contribution is -0.120. The van der Waals surface area contributed by atoms with Gasteiger partial charge in [0.1, 0.15) is 11.7 Å². The van der Waals surface area contributed by atoms with Gasteiger partial charge in [0.25, 0.3) is 11.7 Å². The van der Waals surface area contributed by atoms with E-state index in [0.717, 1.165) is 16.8 Å². The van der Waals surface area contributed by atoms with Crippen molar-refractivity contribution in [1.29, 1.82) is 0 Å². The van der Waals surface area contributed by atoms with Crippen LogP contribution < -0.4 is 9.80 Å². The van der Waals surface area contributed by atoms with Crippen molar-refractivity contribution in [3.8, 4) is 11.1 Å². The molecule has 1 fully saturated rings. The summed E-state index contributed by atoms with van der Waals surface area (Å²) in [5, 5.41) is 0.398. The normalized spacial score (nSPS) is 15.3. The third-order valence-electron chi connectivity index (χ3n) is 5.58. The third-order valence-corrected chi connectivity index (χ3v) is 5.94. The number of nitrogens with zero attached hydrogens (tertiary/aromatic N) is 4. The maximum atomic E-state index is 13.3. The van der Waals surface area contributed by atoms with Gasteiger partial charge in [-0.15, -0.1) is 4.98 Å². The van der Waals surface area contributed by atoms with Gasteiger partial charge in [-0.2, -0.15) is 0 Å². The van der Waals surface area contributed by atoms with Gasteiger partial charge < -0.3 is 9.74 Å². The third kappa shape index (κ3) is 3.47. The Morgan fingerprint density at radius 2 is 1.55 bits per heavy atom. The number of pyridine rings is 1. The van der Waals surface area contributed by atoms with Crippen molar-refractivity contribution in [2.75, 3.05) is 9.80 Å². The molecule has 1 saturated heterocycles. The highest BCUT2D eigenvalue weighted by atomic mass is 32.1. The average Bonchev–Trinajstić information content (AvgIpc) is 2.92. The Morgan fingerprint density at radius 3 is 2.10 bits per heavy atom. The highest BCUT2D eigenvalue weighted by Crippen LogP contribution is 2.37. The molecule has 1 amide bonds. The molecule has 6 heteroatoms. The van der Waals surface area contributed by atoms with E-state index in [9.17, 15) is 4.79 Å². The highest BCUT2D eigenvalue weighted by molar-refractivity contribution is 7.81. The van der Waals surface area contributed by atoms with E-state index < -0.39 is 5.54 Å². The van der Waals surface area contributed by atoms with Crippen molar-refractivity contribution in [2.24, 2.45) is 0 Å². The molecule has 31 heavy (non-hydrogen) atoms. The molecule has 0 spiro atoms. The lowest BCUT2D eigenvalue weighted by atomic mass is 10.0. The van der Waals surface area contributed by atoms with E-state index >= 15 is 0 Å². The number of benzene rings is 2. The summed E-state index contributed by atoms with van der Waals surface area (Å²) in [6, 6.07) is 18.2. The first-order valence-corrected chi connectivity index (χ1v) is 10.3. The number of aryl methyl sites for hydroxylation is 2. The van der Waals surface area contributed by atoms with Gasteiger partial charge in [-0.1, -0.05) is 48.5 Å². The van der Waals surface area contributed by atoms with Gasteiger partial charge in [0.05, 0.1) is 5.69 Å². The molecule has 154 valence electrons. The molecule has 0 atom stereocenters. The van der Waals surface area contributed by atoms with E-state index in [1.54, 1.807) is 13.0 Å². The number of carbonyl (C=O) groups is 1. The van der Waals surface area contributed by atoms with Crippen LogP contribution in [0.15, 0.2) is 60.8 Å². The molecular weight excluding hydrogens is 404 g/mol. The molecule has 0 bridgehead atoms. The van der Waals surface area contributed by atoms with Crippen LogP contribution in [0.1, 0.15) is 25.0 Å². The van der Waals surface area contributed by atoms with Crippen LogP contribution in [0.2, 0.25) is 0 Å². The van der Waals surface area contributed by atoms with Crippen LogP contribution in [-0.2, 0) is 4.79 Å². The van der Waals surface area contributed by atoms with Gasteiger partial charge in [0.2, 0.25) is 0 Å². The average molecular weight is 427 g/mol. The fraction of sp³-hybridized carbons (Fsp3) is 0.200. The number of hydrogen-bond donors (Lipinski definition) is 0. The first kappa shape index (κ1) is 20.7. The van der Waals surface area contributed by atoms with Crippen LogP contribution in [0.25, 0.3) is 16.0 Å². The quantitative estimate of drug-likeness (QED) is 0.390. The van der Waals surface area contributed by atoms with E-state index in [1.165, 1.54) is 16.7 Å². The van der Waals surface area contributed by atoms with Gasteiger partial charge in [-0.25, -0.2) is 0 Å². The molecule has 0 radical (unpaired) electrons. The van der Waals surface area contributed by atoms with E-state index in [4.69, 9.17) is 18.8 Å². The van der Waals surface area contributed by atoms with Crippen LogP contribution in [0.4, 0.5) is 17.2 Å². The van der Waals surface area contributed by atoms with Gasteiger partial charge in [-0.05, 0) is 74.8 Å². The molecule has 2 heterocycles. The molecule has 4 rings (SSSR count). The molecule has 0 unspecified atom stereocenters. The zero-order valence-electron chi connectivity index (χ0n) is 17.9. The van der Waals surface area contributed by atoms with Crippen molar-refractivity contribution in [3.05, 3.63) is 83.3 Å². The summed E-state index contributed by atoms with van der Waals surface area (Å²) in [6.45, 7) is 14.8. The Hall–Kier alpha value is -3.56. The molecule has 2 aromatic carbocycles. The van der Waals surface area contributed by atoms with Crippen LogP contribution in [0.3, 0.4) is 0 Å². The SMILES string of the molecule is [C-]#[N+]c1ncc(N2C(=O)C(C)(C)N(c3ccc(-c4ccc(C)cc4)cc3)C2=S)cc1C. The van der Waals surface area contributed by atoms with E-state index in [-0.39, 0.29) is 5.91 Å². The topological polar surface area (TPSA) is 40.8 Å². The maximum absolute atomic E-state index is 13.3. The van der Waals surface area contributed by atoms with Gasteiger partial charge >= 0.3 is 0 Å². The molecule has 0 saturated carbocycles. The fourth-order valence-corrected chi connectivity index (χ4v) is 4.32. The Balaban J connectivity index is 1.69. The second-order valence-corrected chi connectivity index (χ2v) is 8.54. The predicted molar refractivity (Wildman–Crippen MR) is 128 cm³/mol. The van der Waals surface area contributed by atoms with Crippen molar-refractivity contribution >= 4 is 40.4 Å². The molecule has 3 aromatic rings. The van der Waals surface area contributed by atoms with Crippen molar-refractivity contribution in [2.45, 2.75) is 33.2 Å². The van der Waals surface area contributed by atoms with Crippen molar-refractivity contribution < 1.29 is 4.79 Å². The Bertz CT molecular complexity index is 1220. The van der Waals surface area contributed by atoms with Gasteiger partial charge in [-0.3, -0.25) is 9.69 Å². The highest BCUT2D eigenvalue weighted by Gasteiger charge is 2.50. The summed E-state index contributed by atoms with van der Waals surface area (Å²) in [4.78, 5) is 24.3. The van der Waals surface area contributed by atoms with E-state index in [2.05, 4.69) is 41.0 Å². The summed E-state index contributed by atoms with van der Waals surface area (Å²) < 4.78 is 0. The summed E-state index contributed by atoms with van der Waals surface area (Å²) in [7, 11) is 0. The summed E-state index contributed by atoms with van der Waals surface area (Å²) >= 11 is 5.74. The zero-order chi connectivity index (χ0) is 22.3. The van der Waals surface area contributed by atoms with E-state index in [1.807, 2.05) is 43.0 Å². The monoisotopic (exact) mass is 426 g/mol. The van der Waals surface area contributed by atoms with Gasteiger partial charge in [0.15, 0.2) is 5.11 Å². The minimum absolute atomic E-state index is 0.128. The molecule has 1 aliphatic heterocycles. The second kappa shape index (κ2) is 7.60. The number of rotatable bonds is 3. The van der Waals surface area contributed by atoms with Crippen molar-refractivity contribution in [1.82, 2.24) is 4.98 Å². The lowest BCUT2D eigenvalue weighted by Crippen LogP contribution is -2.44. The van der Waals surface area contributed by atoms with Crippen LogP contribution >= 0.6 is 12.2 Å². The minimum atomic E-state index is -0.852. The van der Waals surface area contributed by atoms with Crippen LogP contribution in [0, 0.1) is 20.4 Å². The Morgan fingerprint density at radius 1 is 0.968 bits per heavy atom. The van der Waals surface area contributed by atoms with Crippen molar-refractivity contribution in [3.63, 3.8) is 0 Å². The number of aromatic nitrogens is 1. The van der Waals surface area contributed by atoms with E-state index in [0.29, 0.717) is 22.2 Å². The number of hydrogen-bond acceptors (Lipinski definition) is 3. The zero-order valence-corrected chi connectivity index (χ0v) is 18.7. The first-order chi connectivity index (χ1) is 14.7. The fourth-order valence-electron chi connectivity index (χ4n) is 3.80. The lowest BCUT2D eigenvalue weighted by Gasteiger charge is -2.29. The number of anilines is 2. The summed E-state index contributed by atoms with van der Waals surface area (Å²) in [6.07, 6.45) is 1.53. The van der Waals surface area contributed by atoms with Crippen LogP contribution in [-0.4, -0.2) is 21.5 Å². The summed E-state index contributed by atoms with van der Waals surface area (Å²) in [5.74, 6) is 0.195. The Labute approximate surface area is 187 Å². The second-order valence-electron chi connectivity index (χ2n) is 8.18. The number of thiocarbonyl (C=S) groups is 1. The molecule has 0 N–H and O–H groups in total. The number of amides is 1. The van der Waals surface area contributed by atoms with Gasteiger partial charge in [0, 0.05) is 5.69 Å². The first-order valence-electron chi connectivity index (χ1n) is 9.94.